The summed E-state index contributed by atoms with van der Waals surface area (Å²) in [4.78, 5) is 13.4. The zero-order valence-electron chi connectivity index (χ0n) is 9.95. The molecule has 2 rings (SSSR count). The van der Waals surface area contributed by atoms with Gasteiger partial charge in [0.2, 0.25) is 0 Å². The molecule has 0 bridgehead atoms. The highest BCUT2D eigenvalue weighted by atomic mass is 35.5. The lowest BCUT2D eigenvalue weighted by Gasteiger charge is -2.22. The molecule has 0 radical (unpaired) electrons. The van der Waals surface area contributed by atoms with Gasteiger partial charge in [0.15, 0.2) is 0 Å². The van der Waals surface area contributed by atoms with Gasteiger partial charge in [-0.1, -0.05) is 23.7 Å². The summed E-state index contributed by atoms with van der Waals surface area (Å²) in [6, 6.07) is 7.80. The SMILES string of the molecule is CN1CNC(C=O)(CCc2ccc(Cl)cc2)C1. The third kappa shape index (κ3) is 3.06. The molecule has 0 amide bonds. The van der Waals surface area contributed by atoms with Crippen LogP contribution in [-0.4, -0.2) is 37.0 Å². The van der Waals surface area contributed by atoms with Crippen LogP contribution in [0.3, 0.4) is 0 Å². The van der Waals surface area contributed by atoms with Gasteiger partial charge in [-0.3, -0.25) is 10.2 Å². The number of aryl methyl sites for hydroxylation is 1. The summed E-state index contributed by atoms with van der Waals surface area (Å²) in [5, 5.41) is 4.03. The van der Waals surface area contributed by atoms with E-state index in [1.54, 1.807) is 0 Å². The fourth-order valence-corrected chi connectivity index (χ4v) is 2.34. The lowest BCUT2D eigenvalue weighted by Crippen LogP contribution is -2.44. The maximum atomic E-state index is 11.2. The smallest absolute Gasteiger partial charge is 0.141 e. The quantitative estimate of drug-likeness (QED) is 0.828. The van der Waals surface area contributed by atoms with Gasteiger partial charge in [0, 0.05) is 18.2 Å². The number of hydrogen-bond donors (Lipinski definition) is 1. The standard InChI is InChI=1S/C13H17ClN2O/c1-16-8-13(9-17,15-10-16)7-6-11-2-4-12(14)5-3-11/h2-5,9,15H,6-8,10H2,1H3. The van der Waals surface area contributed by atoms with Crippen molar-refractivity contribution < 1.29 is 4.79 Å². The molecule has 1 unspecified atom stereocenters. The van der Waals surface area contributed by atoms with E-state index in [9.17, 15) is 4.79 Å². The van der Waals surface area contributed by atoms with E-state index >= 15 is 0 Å². The maximum absolute atomic E-state index is 11.2. The molecule has 1 saturated heterocycles. The number of hydrogen-bond acceptors (Lipinski definition) is 3. The molecule has 1 atom stereocenters. The number of carbonyl (C=O) groups excluding carboxylic acids is 1. The van der Waals surface area contributed by atoms with Crippen molar-refractivity contribution in [3.05, 3.63) is 34.9 Å². The highest BCUT2D eigenvalue weighted by Crippen LogP contribution is 2.19. The van der Waals surface area contributed by atoms with Gasteiger partial charge < -0.3 is 4.79 Å². The van der Waals surface area contributed by atoms with Crippen molar-refractivity contribution in [1.82, 2.24) is 10.2 Å². The topological polar surface area (TPSA) is 32.3 Å². The van der Waals surface area contributed by atoms with Crippen molar-refractivity contribution in [1.29, 1.82) is 0 Å². The molecule has 1 aromatic carbocycles. The summed E-state index contributed by atoms with van der Waals surface area (Å²) in [5.41, 5.74) is 0.834. The van der Waals surface area contributed by atoms with Crippen molar-refractivity contribution in [2.75, 3.05) is 20.3 Å². The Morgan fingerprint density at radius 3 is 2.71 bits per heavy atom. The average Bonchev–Trinajstić information content (AvgIpc) is 2.71. The summed E-state index contributed by atoms with van der Waals surface area (Å²) >= 11 is 5.84. The molecule has 1 aliphatic heterocycles. The van der Waals surface area contributed by atoms with E-state index in [0.29, 0.717) is 0 Å². The molecule has 1 heterocycles. The molecule has 92 valence electrons. The molecular weight excluding hydrogens is 236 g/mol. The third-order valence-corrected chi connectivity index (χ3v) is 3.50. The Bertz CT molecular complexity index is 393. The Kier molecular flexibility index (Phi) is 3.82. The van der Waals surface area contributed by atoms with Crippen molar-refractivity contribution in [3.8, 4) is 0 Å². The van der Waals surface area contributed by atoms with Gasteiger partial charge in [-0.05, 0) is 37.6 Å². The zero-order valence-corrected chi connectivity index (χ0v) is 10.7. The van der Waals surface area contributed by atoms with Crippen LogP contribution >= 0.6 is 11.6 Å². The second-order valence-electron chi connectivity index (χ2n) is 4.75. The predicted octanol–water partition coefficient (Wildman–Crippen LogP) is 1.70. The fraction of sp³-hybridized carbons (Fsp3) is 0.462. The Morgan fingerprint density at radius 2 is 2.18 bits per heavy atom. The second-order valence-corrected chi connectivity index (χ2v) is 5.19. The molecule has 1 aromatic rings. The average molecular weight is 253 g/mol. The number of rotatable bonds is 4. The largest absolute Gasteiger partial charge is 0.301 e. The van der Waals surface area contributed by atoms with E-state index in [0.717, 1.165) is 37.4 Å². The third-order valence-electron chi connectivity index (χ3n) is 3.25. The second kappa shape index (κ2) is 5.17. The molecule has 1 fully saturated rings. The minimum atomic E-state index is -0.381. The van der Waals surface area contributed by atoms with E-state index in [2.05, 4.69) is 10.2 Å². The van der Waals surface area contributed by atoms with E-state index in [-0.39, 0.29) is 5.54 Å². The van der Waals surface area contributed by atoms with Gasteiger partial charge in [-0.2, -0.15) is 0 Å². The lowest BCUT2D eigenvalue weighted by molar-refractivity contribution is -0.112. The Hall–Kier alpha value is -0.900. The minimum Gasteiger partial charge on any atom is -0.301 e. The predicted molar refractivity (Wildman–Crippen MR) is 69.2 cm³/mol. The summed E-state index contributed by atoms with van der Waals surface area (Å²) < 4.78 is 0. The van der Waals surface area contributed by atoms with Crippen LogP contribution in [0.15, 0.2) is 24.3 Å². The first-order valence-electron chi connectivity index (χ1n) is 5.78. The Labute approximate surface area is 107 Å². The minimum absolute atomic E-state index is 0.381. The lowest BCUT2D eigenvalue weighted by atomic mass is 9.93. The number of halogens is 1. The van der Waals surface area contributed by atoms with Gasteiger partial charge in [0.05, 0.1) is 5.54 Å². The van der Waals surface area contributed by atoms with Crippen LogP contribution in [0.2, 0.25) is 5.02 Å². The Balaban J connectivity index is 1.96. The molecule has 0 saturated carbocycles. The number of nitrogens with one attached hydrogen (secondary N) is 1. The van der Waals surface area contributed by atoms with E-state index in [1.165, 1.54) is 5.56 Å². The first-order valence-corrected chi connectivity index (χ1v) is 6.16. The number of likely N-dealkylation sites (N-methyl/N-ethyl adjacent to an activating group) is 1. The van der Waals surface area contributed by atoms with Crippen LogP contribution in [0, 0.1) is 0 Å². The molecule has 1 aliphatic rings. The van der Waals surface area contributed by atoms with E-state index < -0.39 is 0 Å². The van der Waals surface area contributed by atoms with Gasteiger partial charge >= 0.3 is 0 Å². The highest BCUT2D eigenvalue weighted by molar-refractivity contribution is 6.30. The number of aldehydes is 1. The fourth-order valence-electron chi connectivity index (χ4n) is 2.21. The number of carbonyl (C=O) groups is 1. The van der Waals surface area contributed by atoms with Crippen LogP contribution in [0.25, 0.3) is 0 Å². The molecule has 0 spiro atoms. The van der Waals surface area contributed by atoms with Crippen LogP contribution in [0.4, 0.5) is 0 Å². The van der Waals surface area contributed by atoms with Gasteiger partial charge in [-0.15, -0.1) is 0 Å². The van der Waals surface area contributed by atoms with E-state index in [4.69, 9.17) is 11.6 Å². The summed E-state index contributed by atoms with van der Waals surface area (Å²) in [7, 11) is 2.01. The summed E-state index contributed by atoms with van der Waals surface area (Å²) in [6.45, 7) is 1.56. The molecule has 0 aliphatic carbocycles. The van der Waals surface area contributed by atoms with Gasteiger partial charge in [0.1, 0.15) is 6.29 Å². The van der Waals surface area contributed by atoms with Crippen molar-refractivity contribution in [2.45, 2.75) is 18.4 Å². The van der Waals surface area contributed by atoms with E-state index in [1.807, 2.05) is 31.3 Å². The molecular formula is C13H17ClN2O. The summed E-state index contributed by atoms with van der Waals surface area (Å²) in [6.07, 6.45) is 2.76. The zero-order chi connectivity index (χ0) is 12.3. The molecule has 1 N–H and O–H groups in total. The molecule has 3 nitrogen and oxygen atoms in total. The normalized spacial score (nSPS) is 25.1. The first kappa shape index (κ1) is 12.6. The highest BCUT2D eigenvalue weighted by Gasteiger charge is 2.35. The van der Waals surface area contributed by atoms with Crippen LogP contribution < -0.4 is 5.32 Å². The van der Waals surface area contributed by atoms with Crippen LogP contribution in [0.5, 0.6) is 0 Å². The number of benzene rings is 1. The van der Waals surface area contributed by atoms with Crippen LogP contribution in [-0.2, 0) is 11.2 Å². The number of nitrogens with zero attached hydrogens (tertiary/aromatic N) is 1. The van der Waals surface area contributed by atoms with Crippen molar-refractivity contribution in [2.24, 2.45) is 0 Å². The molecule has 4 heteroatoms. The van der Waals surface area contributed by atoms with Gasteiger partial charge in [0.25, 0.3) is 0 Å². The van der Waals surface area contributed by atoms with Gasteiger partial charge in [-0.25, -0.2) is 0 Å². The van der Waals surface area contributed by atoms with Crippen molar-refractivity contribution >= 4 is 17.9 Å². The van der Waals surface area contributed by atoms with Crippen LogP contribution in [0.1, 0.15) is 12.0 Å². The maximum Gasteiger partial charge on any atom is 0.141 e. The first-order chi connectivity index (χ1) is 8.13. The Morgan fingerprint density at radius 1 is 1.47 bits per heavy atom. The molecule has 0 aromatic heterocycles. The monoisotopic (exact) mass is 252 g/mol. The summed E-state index contributed by atoms with van der Waals surface area (Å²) in [5.74, 6) is 0. The van der Waals surface area contributed by atoms with Crippen molar-refractivity contribution in [3.63, 3.8) is 0 Å². The molecule has 17 heavy (non-hydrogen) atoms.